The number of rotatable bonds is 41. The summed E-state index contributed by atoms with van der Waals surface area (Å²) in [5.74, 6) is -0.505. The largest absolute Gasteiger partial charge is 0.490 e. The zero-order chi connectivity index (χ0) is 71.0. The summed E-state index contributed by atoms with van der Waals surface area (Å²) >= 11 is 0. The molecule has 3 aliphatic rings. The molecule has 1 saturated heterocycles. The number of phosphoric acid groups is 3. The smallest absolute Gasteiger partial charge is 0.379 e. The van der Waals surface area contributed by atoms with Gasteiger partial charge in [0.2, 0.25) is 23.5 Å². The molecule has 2 amide bonds. The topological polar surface area (TPSA) is 424 Å². The van der Waals surface area contributed by atoms with Gasteiger partial charge in [0.1, 0.15) is 24.8 Å². The van der Waals surface area contributed by atoms with E-state index in [2.05, 4.69) is 108 Å². The quantitative estimate of drug-likeness (QED) is 0.00394. The number of ether oxygens (including phenoxy) is 6. The first kappa shape index (κ1) is 79.3. The van der Waals surface area contributed by atoms with Crippen LogP contribution >= 0.6 is 45.1 Å². The normalized spacial score (nSPS) is 19.5. The Morgan fingerprint density at radius 2 is 1.55 bits per heavy atom. The van der Waals surface area contributed by atoms with Crippen molar-refractivity contribution >= 4 is 101 Å². The molecule has 2 aromatic heterocycles. The highest BCUT2D eigenvalue weighted by molar-refractivity contribution is 8.77. The molecule has 37 heteroatoms. The van der Waals surface area contributed by atoms with E-state index in [0.29, 0.717) is 59.0 Å². The Hall–Kier alpha value is -5.00. The first-order valence-corrected chi connectivity index (χ1v) is 39.5. The molecule has 2 aromatic carbocycles. The Balaban J connectivity index is 0.712. The highest BCUT2D eigenvalue weighted by Gasteiger charge is 2.46. The summed E-state index contributed by atoms with van der Waals surface area (Å²) in [4.78, 5) is 87.8. The van der Waals surface area contributed by atoms with Gasteiger partial charge in [-0.1, -0.05) is 71.4 Å². The standard InChI is InChI=1S/C60H88N9O22P3S3/c1-9-67-45-21-19-41(2)34-43(45)59(5,6)49(67)16-12-10-13-17-50-60(7,8)44-35-42(97(80,81)82)20-22-46(44)68(50)25-15-11-14-18-51(70)62-24-27-84-29-31-86-33-32-85-30-28-83-26-23-52(71)63-38-58(3,4)96-95-40-87-47-36-53(69-39-64-54-55(69)65-57(61)66-56(54)72)89-48(47)37-88-93(76,77)91-94(78,79)90-92(73,74)75/h10,12-13,16-17,19-22,34-35,39,47-48,53H,9,11,14-15,18,23-33,36-38,40H2,1-8H3,(H9-,61,62,63,65,66,70,71,72,73,74,75,76,77,78,79,80,81,82)/p+1/t47?,48-,53-/m1/s1. The van der Waals surface area contributed by atoms with Gasteiger partial charge in [0.15, 0.2) is 16.9 Å². The number of nitrogens with zero attached hydrogens (tertiary/aromatic N) is 5. The van der Waals surface area contributed by atoms with Gasteiger partial charge in [-0.2, -0.15) is 26.6 Å². The van der Waals surface area contributed by atoms with Gasteiger partial charge in [-0.05, 0) is 84.2 Å². The number of benzene rings is 2. The second-order valence-electron chi connectivity index (χ2n) is 24.4. The van der Waals surface area contributed by atoms with Crippen molar-refractivity contribution in [1.82, 2.24) is 30.2 Å². The van der Waals surface area contributed by atoms with E-state index in [1.54, 1.807) is 12.1 Å². The minimum Gasteiger partial charge on any atom is -0.379 e. The fourth-order valence-electron chi connectivity index (χ4n) is 11.1. The number of imidazole rings is 1. The summed E-state index contributed by atoms with van der Waals surface area (Å²) in [5.41, 5.74) is 12.0. The highest BCUT2D eigenvalue weighted by Crippen LogP contribution is 2.66. The number of fused-ring (bicyclic) bond motifs is 3. The van der Waals surface area contributed by atoms with E-state index in [9.17, 15) is 50.8 Å². The Labute approximate surface area is 571 Å². The lowest BCUT2D eigenvalue weighted by Crippen LogP contribution is -2.36. The number of nitrogens with two attached hydrogens (primary N) is 1. The van der Waals surface area contributed by atoms with Crippen molar-refractivity contribution in [3.8, 4) is 0 Å². The molecule has 0 bridgehead atoms. The number of phosphoric ester groups is 1. The summed E-state index contributed by atoms with van der Waals surface area (Å²) in [7, 11) is -18.7. The van der Waals surface area contributed by atoms with E-state index in [4.69, 9.17) is 48.5 Å². The number of amides is 2. The molecule has 4 aromatic rings. The molecule has 0 aliphatic carbocycles. The fraction of sp³-hybridized carbons (Fsp3) is 0.567. The first-order chi connectivity index (χ1) is 45.6. The van der Waals surface area contributed by atoms with Crippen LogP contribution in [0.2, 0.25) is 0 Å². The Bertz CT molecular complexity index is 3860. The molecule has 538 valence electrons. The molecule has 7 rings (SSSR count). The van der Waals surface area contributed by atoms with E-state index in [1.165, 1.54) is 61.1 Å². The molecule has 0 spiro atoms. The van der Waals surface area contributed by atoms with Crippen LogP contribution in [0.5, 0.6) is 0 Å². The number of aromatic amines is 1. The van der Waals surface area contributed by atoms with Crippen molar-refractivity contribution in [2.45, 2.75) is 133 Å². The molecule has 0 saturated carbocycles. The monoisotopic (exact) mass is 1480 g/mol. The van der Waals surface area contributed by atoms with Gasteiger partial charge in [0, 0.05) is 84.6 Å². The molecule has 0 radical (unpaired) electrons. The summed E-state index contributed by atoms with van der Waals surface area (Å²) in [6.45, 7) is 20.3. The van der Waals surface area contributed by atoms with Crippen molar-refractivity contribution in [3.63, 3.8) is 0 Å². The third-order valence-electron chi connectivity index (χ3n) is 15.8. The van der Waals surface area contributed by atoms with Crippen LogP contribution in [0.15, 0.2) is 88.5 Å². The minimum atomic E-state index is -5.79. The lowest BCUT2D eigenvalue weighted by molar-refractivity contribution is -0.438. The summed E-state index contributed by atoms with van der Waals surface area (Å²) < 4.78 is 120. The van der Waals surface area contributed by atoms with E-state index in [1.807, 2.05) is 39.8 Å². The predicted octanol–water partition coefficient (Wildman–Crippen LogP) is 7.53. The minimum absolute atomic E-state index is 0.00937. The van der Waals surface area contributed by atoms with Gasteiger partial charge in [0.05, 0.1) is 82.2 Å². The van der Waals surface area contributed by atoms with Gasteiger partial charge in [0.25, 0.3) is 15.7 Å². The fourth-order valence-corrected chi connectivity index (χ4v) is 16.8. The zero-order valence-corrected chi connectivity index (χ0v) is 60.5. The number of anilines is 2. The lowest BCUT2D eigenvalue weighted by atomic mass is 9.81. The SMILES string of the molecule is CCN1/C(=C/C=C/C=C/C2=[N+](CCCCCC(=O)NCCOCCOCCOCCOCCC(=O)NCC(C)(C)SSCOC3C[C@H](n4cnc5c(=O)[nH]c(N)nc54)O[C@@H]3COP(=O)(O)OP(=O)(O)OP(=O)(O)O)c3ccc(S(=O)(=O)O)cc3C2(C)C)C(C)(C)c2cc(C)ccc21. The van der Waals surface area contributed by atoms with E-state index in [0.717, 1.165) is 36.3 Å². The first-order valence-electron chi connectivity index (χ1n) is 31.3. The number of hydrogen-bond acceptors (Lipinski definition) is 23. The average Bonchev–Trinajstić information content (AvgIpc) is 1.60. The highest BCUT2D eigenvalue weighted by atomic mass is 33.1. The van der Waals surface area contributed by atoms with Gasteiger partial charge in [-0.25, -0.2) is 18.7 Å². The number of aryl methyl sites for hydroxylation is 1. The number of carbonyl (C=O) groups is 2. The Kier molecular flexibility index (Phi) is 28.7. The van der Waals surface area contributed by atoms with Crippen molar-refractivity contribution in [1.29, 1.82) is 0 Å². The maximum atomic E-state index is 12.7. The third kappa shape index (κ3) is 23.3. The number of allylic oxidation sites excluding steroid dienone is 6. The number of H-pyrrole nitrogens is 1. The van der Waals surface area contributed by atoms with Crippen molar-refractivity contribution in [2.24, 2.45) is 0 Å². The van der Waals surface area contributed by atoms with Crippen LogP contribution in [0.25, 0.3) is 11.2 Å². The van der Waals surface area contributed by atoms with Crippen LogP contribution in [0.3, 0.4) is 0 Å². The van der Waals surface area contributed by atoms with Gasteiger partial charge in [-0.15, -0.1) is 0 Å². The van der Waals surface area contributed by atoms with Gasteiger partial charge >= 0.3 is 23.5 Å². The van der Waals surface area contributed by atoms with Crippen molar-refractivity contribution in [2.75, 3.05) is 102 Å². The molecule has 5 heterocycles. The third-order valence-corrected chi connectivity index (χ3v) is 23.4. The average molecular weight is 1480 g/mol. The van der Waals surface area contributed by atoms with Crippen molar-refractivity contribution < 1.29 is 102 Å². The second kappa shape index (κ2) is 35.1. The number of carbonyl (C=O) groups excluding carboxylic acids is 2. The predicted molar refractivity (Wildman–Crippen MR) is 365 cm³/mol. The number of nitrogen functional groups attached to an aromatic ring is 1. The lowest BCUT2D eigenvalue weighted by Gasteiger charge is -2.25. The van der Waals surface area contributed by atoms with Crippen LogP contribution in [-0.2, 0) is 85.8 Å². The van der Waals surface area contributed by atoms with Crippen LogP contribution in [0.1, 0.15) is 110 Å². The van der Waals surface area contributed by atoms with Crippen LogP contribution in [0.4, 0.5) is 17.3 Å². The number of hydrogen-bond donors (Lipinski definition) is 9. The molecule has 97 heavy (non-hydrogen) atoms. The molecule has 5 atom stereocenters. The molecule has 3 aliphatic heterocycles. The molecular formula is C60H89N9O22P3S3+. The zero-order valence-electron chi connectivity index (χ0n) is 55.4. The number of unbranched alkanes of at least 4 members (excludes halogenated alkanes) is 2. The van der Waals surface area contributed by atoms with Crippen LogP contribution < -0.4 is 26.8 Å². The molecule has 10 N–H and O–H groups in total. The van der Waals surface area contributed by atoms with Gasteiger partial charge in [-0.3, -0.25) is 33.0 Å². The van der Waals surface area contributed by atoms with Gasteiger partial charge < -0.3 is 69.3 Å². The molecule has 31 nitrogen and oxygen atoms in total. The summed E-state index contributed by atoms with van der Waals surface area (Å²) in [6, 6.07) is 11.4. The molecule has 1 fully saturated rings. The summed E-state index contributed by atoms with van der Waals surface area (Å²) in [6.07, 6.45) is 11.3. The van der Waals surface area contributed by atoms with E-state index < -0.39 is 74.4 Å². The van der Waals surface area contributed by atoms with E-state index in [-0.39, 0.29) is 84.4 Å². The van der Waals surface area contributed by atoms with Crippen LogP contribution in [0, 0.1) is 6.92 Å². The Morgan fingerprint density at radius 3 is 2.23 bits per heavy atom. The molecule has 3 unspecified atom stereocenters. The second-order valence-corrected chi connectivity index (χ2v) is 33.2. The Morgan fingerprint density at radius 1 is 0.866 bits per heavy atom. The number of likely N-dealkylation sites (N-methyl/N-ethyl adjacent to an activating group) is 1. The maximum Gasteiger partial charge on any atom is 0.490 e. The molecular weight excluding hydrogens is 1390 g/mol. The number of nitrogens with one attached hydrogen (secondary N) is 3. The number of aromatic nitrogens is 4. The van der Waals surface area contributed by atoms with Crippen molar-refractivity contribution in [3.05, 3.63) is 106 Å². The van der Waals surface area contributed by atoms with E-state index >= 15 is 0 Å². The summed E-state index contributed by atoms with van der Waals surface area (Å²) in [5, 5.41) is 5.79. The van der Waals surface area contributed by atoms with Crippen LogP contribution in [-0.4, -0.2) is 183 Å². The maximum absolute atomic E-state index is 12.7.